The molecule has 0 radical (unpaired) electrons. The van der Waals surface area contributed by atoms with Crippen molar-refractivity contribution in [2.45, 2.75) is 26.7 Å². The van der Waals surface area contributed by atoms with Gasteiger partial charge >= 0.3 is 0 Å². The van der Waals surface area contributed by atoms with Gasteiger partial charge in [-0.1, -0.05) is 19.4 Å². The maximum Gasteiger partial charge on any atom is 0.163 e. The number of rotatable bonds is 3. The molecular formula is C12H14N2O. The predicted molar refractivity (Wildman–Crippen MR) is 59.2 cm³/mol. The second-order valence-corrected chi connectivity index (χ2v) is 3.66. The lowest BCUT2D eigenvalue weighted by Crippen LogP contribution is -1.96. The predicted octanol–water partition coefficient (Wildman–Crippen LogP) is 2.49. The molecule has 0 fully saturated rings. The molecule has 0 unspecified atom stereocenters. The number of pyridine rings is 1. The lowest BCUT2D eigenvalue weighted by Gasteiger charge is -1.95. The van der Waals surface area contributed by atoms with Crippen molar-refractivity contribution in [3.05, 3.63) is 35.7 Å². The van der Waals surface area contributed by atoms with Crippen LogP contribution in [0.15, 0.2) is 24.4 Å². The number of aromatic nitrogens is 2. The fraction of sp³-hybridized carbons (Fsp3) is 0.333. The van der Waals surface area contributed by atoms with Gasteiger partial charge in [0.15, 0.2) is 5.78 Å². The van der Waals surface area contributed by atoms with E-state index < -0.39 is 0 Å². The van der Waals surface area contributed by atoms with E-state index in [4.69, 9.17) is 0 Å². The average molecular weight is 202 g/mol. The van der Waals surface area contributed by atoms with Crippen LogP contribution in [0.1, 0.15) is 36.3 Å². The zero-order chi connectivity index (χ0) is 10.8. The Morgan fingerprint density at radius 2 is 2.27 bits per heavy atom. The van der Waals surface area contributed by atoms with Gasteiger partial charge in [0.1, 0.15) is 0 Å². The topological polar surface area (TPSA) is 34.4 Å². The molecule has 0 saturated heterocycles. The molecule has 3 nitrogen and oxygen atoms in total. The van der Waals surface area contributed by atoms with Gasteiger partial charge in [-0.25, -0.2) is 4.52 Å². The summed E-state index contributed by atoms with van der Waals surface area (Å²) >= 11 is 0. The van der Waals surface area contributed by atoms with Gasteiger partial charge in [-0.05, 0) is 25.5 Å². The van der Waals surface area contributed by atoms with Crippen LogP contribution in [0, 0.1) is 0 Å². The van der Waals surface area contributed by atoms with Crippen LogP contribution in [-0.2, 0) is 6.42 Å². The minimum Gasteiger partial charge on any atom is -0.294 e. The van der Waals surface area contributed by atoms with Gasteiger partial charge in [0.25, 0.3) is 0 Å². The third-order valence-electron chi connectivity index (χ3n) is 2.45. The van der Waals surface area contributed by atoms with E-state index in [0.717, 1.165) is 29.6 Å². The second kappa shape index (κ2) is 3.85. The Balaban J connectivity index is 2.69. The summed E-state index contributed by atoms with van der Waals surface area (Å²) in [4.78, 5) is 11.6. The van der Waals surface area contributed by atoms with E-state index >= 15 is 0 Å². The quantitative estimate of drug-likeness (QED) is 0.716. The summed E-state index contributed by atoms with van der Waals surface area (Å²) in [6.45, 7) is 3.69. The molecule has 0 aromatic carbocycles. The number of fused-ring (bicyclic) bond motifs is 1. The molecule has 2 aromatic rings. The van der Waals surface area contributed by atoms with Gasteiger partial charge in [0, 0.05) is 6.20 Å². The number of nitrogens with zero attached hydrogens (tertiary/aromatic N) is 2. The van der Waals surface area contributed by atoms with Crippen molar-refractivity contribution < 1.29 is 4.79 Å². The molecule has 3 heteroatoms. The van der Waals surface area contributed by atoms with Crippen molar-refractivity contribution in [1.82, 2.24) is 9.61 Å². The number of Topliss-reactive ketones (excluding diaryl/α,β-unsaturated/α-hetero) is 1. The number of carbonyl (C=O) groups excluding carboxylic acids is 1. The lowest BCUT2D eigenvalue weighted by molar-refractivity contribution is 0.101. The minimum absolute atomic E-state index is 0.0969. The molecule has 0 aliphatic rings. The summed E-state index contributed by atoms with van der Waals surface area (Å²) in [6.07, 6.45) is 3.74. The first-order valence-corrected chi connectivity index (χ1v) is 5.21. The Bertz CT molecular complexity index is 499. The van der Waals surface area contributed by atoms with E-state index in [1.165, 1.54) is 0 Å². The first-order chi connectivity index (χ1) is 7.24. The van der Waals surface area contributed by atoms with Crippen molar-refractivity contribution in [2.24, 2.45) is 0 Å². The average Bonchev–Trinajstić information content (AvgIpc) is 2.56. The molecule has 0 spiro atoms. The van der Waals surface area contributed by atoms with Crippen LogP contribution >= 0.6 is 0 Å². The fourth-order valence-corrected chi connectivity index (χ4v) is 1.84. The van der Waals surface area contributed by atoms with E-state index in [9.17, 15) is 4.79 Å². The van der Waals surface area contributed by atoms with Crippen LogP contribution in [0.5, 0.6) is 0 Å². The number of hydrogen-bond acceptors (Lipinski definition) is 2. The Hall–Kier alpha value is -1.64. The van der Waals surface area contributed by atoms with Crippen LogP contribution in [0.2, 0.25) is 0 Å². The molecule has 0 saturated carbocycles. The standard InChI is InChI=1S/C12H14N2O/c1-3-6-10-12(9(2)15)11-7-4-5-8-14(11)13-10/h4-5,7-8H,3,6H2,1-2H3. The van der Waals surface area contributed by atoms with Crippen LogP contribution in [0.3, 0.4) is 0 Å². The van der Waals surface area contributed by atoms with Crippen LogP contribution in [-0.4, -0.2) is 15.4 Å². The van der Waals surface area contributed by atoms with Gasteiger partial charge in [-0.15, -0.1) is 0 Å². The summed E-state index contributed by atoms with van der Waals surface area (Å²) in [5.74, 6) is 0.0969. The largest absolute Gasteiger partial charge is 0.294 e. The van der Waals surface area contributed by atoms with Gasteiger partial charge in [0.05, 0.1) is 16.8 Å². The molecule has 0 aliphatic carbocycles. The van der Waals surface area contributed by atoms with Crippen molar-refractivity contribution in [1.29, 1.82) is 0 Å². The summed E-state index contributed by atoms with van der Waals surface area (Å²) in [6, 6.07) is 5.78. The van der Waals surface area contributed by atoms with Crippen molar-refractivity contribution in [2.75, 3.05) is 0 Å². The molecule has 0 aliphatic heterocycles. The Morgan fingerprint density at radius 3 is 2.93 bits per heavy atom. The smallest absolute Gasteiger partial charge is 0.163 e. The van der Waals surface area contributed by atoms with Gasteiger partial charge in [-0.2, -0.15) is 5.10 Å². The highest BCUT2D eigenvalue weighted by Gasteiger charge is 2.14. The van der Waals surface area contributed by atoms with Gasteiger partial charge in [0.2, 0.25) is 0 Å². The van der Waals surface area contributed by atoms with Gasteiger partial charge in [-0.3, -0.25) is 4.79 Å². The molecule has 0 atom stereocenters. The summed E-state index contributed by atoms with van der Waals surface area (Å²) in [7, 11) is 0. The molecule has 0 N–H and O–H groups in total. The highest BCUT2D eigenvalue weighted by atomic mass is 16.1. The van der Waals surface area contributed by atoms with E-state index in [0.29, 0.717) is 0 Å². The zero-order valence-electron chi connectivity index (χ0n) is 9.03. The SMILES string of the molecule is CCCc1nn2ccccc2c1C(C)=O. The minimum atomic E-state index is 0.0969. The second-order valence-electron chi connectivity index (χ2n) is 3.66. The number of ketones is 1. The Kier molecular flexibility index (Phi) is 2.54. The normalized spacial score (nSPS) is 10.8. The molecule has 2 rings (SSSR count). The zero-order valence-corrected chi connectivity index (χ0v) is 9.03. The first-order valence-electron chi connectivity index (χ1n) is 5.21. The summed E-state index contributed by atoms with van der Waals surface area (Å²) in [5.41, 5.74) is 2.60. The fourth-order valence-electron chi connectivity index (χ4n) is 1.84. The highest BCUT2D eigenvalue weighted by Crippen LogP contribution is 2.17. The van der Waals surface area contributed by atoms with Crippen LogP contribution in [0.25, 0.3) is 5.52 Å². The molecule has 2 heterocycles. The molecule has 78 valence electrons. The Labute approximate surface area is 88.7 Å². The van der Waals surface area contributed by atoms with E-state index in [-0.39, 0.29) is 5.78 Å². The highest BCUT2D eigenvalue weighted by molar-refractivity contribution is 6.01. The number of carbonyl (C=O) groups is 1. The van der Waals surface area contributed by atoms with Crippen molar-refractivity contribution >= 4 is 11.3 Å². The maximum absolute atomic E-state index is 11.6. The summed E-state index contributed by atoms with van der Waals surface area (Å²) in [5, 5.41) is 4.42. The number of hydrogen-bond donors (Lipinski definition) is 0. The Morgan fingerprint density at radius 1 is 1.47 bits per heavy atom. The molecule has 0 bridgehead atoms. The third-order valence-corrected chi connectivity index (χ3v) is 2.45. The molecule has 2 aromatic heterocycles. The molecular weight excluding hydrogens is 188 g/mol. The molecule has 0 amide bonds. The summed E-state index contributed by atoms with van der Waals surface area (Å²) < 4.78 is 1.78. The van der Waals surface area contributed by atoms with Crippen LogP contribution < -0.4 is 0 Å². The monoisotopic (exact) mass is 202 g/mol. The van der Waals surface area contributed by atoms with E-state index in [2.05, 4.69) is 12.0 Å². The number of aryl methyl sites for hydroxylation is 1. The van der Waals surface area contributed by atoms with Crippen molar-refractivity contribution in [3.8, 4) is 0 Å². The van der Waals surface area contributed by atoms with Gasteiger partial charge < -0.3 is 0 Å². The maximum atomic E-state index is 11.6. The molecule has 15 heavy (non-hydrogen) atoms. The van der Waals surface area contributed by atoms with E-state index in [1.807, 2.05) is 24.4 Å². The van der Waals surface area contributed by atoms with Crippen molar-refractivity contribution in [3.63, 3.8) is 0 Å². The first kappa shape index (κ1) is 9.90. The van der Waals surface area contributed by atoms with Crippen LogP contribution in [0.4, 0.5) is 0 Å². The van der Waals surface area contributed by atoms with E-state index in [1.54, 1.807) is 11.4 Å². The lowest BCUT2D eigenvalue weighted by atomic mass is 10.1. The third kappa shape index (κ3) is 1.65.